The number of rotatable bonds is 1. The summed E-state index contributed by atoms with van der Waals surface area (Å²) in [7, 11) is 0. The average Bonchev–Trinajstić information content (AvgIpc) is 2.42. The van der Waals surface area contributed by atoms with Gasteiger partial charge in [-0.1, -0.05) is 6.92 Å². The molecular formula is C9H13N3O. The zero-order chi connectivity index (χ0) is 9.42. The van der Waals surface area contributed by atoms with Gasteiger partial charge < -0.3 is 5.73 Å². The van der Waals surface area contributed by atoms with Crippen LogP contribution in [0.25, 0.3) is 0 Å². The predicted molar refractivity (Wildman–Crippen MR) is 50.0 cm³/mol. The van der Waals surface area contributed by atoms with E-state index in [2.05, 4.69) is 12.0 Å². The van der Waals surface area contributed by atoms with Crippen LogP contribution in [0.4, 0.5) is 5.82 Å². The van der Waals surface area contributed by atoms with Gasteiger partial charge in [0, 0.05) is 5.56 Å². The first-order valence-electron chi connectivity index (χ1n) is 4.53. The van der Waals surface area contributed by atoms with Gasteiger partial charge in [-0.2, -0.15) is 9.78 Å². The Morgan fingerprint density at radius 1 is 1.69 bits per heavy atom. The Labute approximate surface area is 76.7 Å². The van der Waals surface area contributed by atoms with Gasteiger partial charge in [0.25, 0.3) is 0 Å². The lowest BCUT2D eigenvalue weighted by molar-refractivity contribution is 0.493. The van der Waals surface area contributed by atoms with E-state index in [0.717, 1.165) is 30.5 Å². The van der Waals surface area contributed by atoms with E-state index in [1.807, 2.05) is 0 Å². The quantitative estimate of drug-likeness (QED) is 0.643. The van der Waals surface area contributed by atoms with Gasteiger partial charge in [-0.05, 0) is 25.2 Å². The fourth-order valence-electron chi connectivity index (χ4n) is 1.87. The number of nitrogens with zero attached hydrogens (tertiary/aromatic N) is 2. The molecule has 13 heavy (non-hydrogen) atoms. The third-order valence-corrected chi connectivity index (χ3v) is 2.66. The summed E-state index contributed by atoms with van der Waals surface area (Å²) >= 11 is 0. The largest absolute Gasteiger partial charge is 0.383 e. The van der Waals surface area contributed by atoms with Crippen LogP contribution in [-0.2, 0) is 17.6 Å². The summed E-state index contributed by atoms with van der Waals surface area (Å²) in [6, 6.07) is 0. The van der Waals surface area contributed by atoms with Gasteiger partial charge in [-0.3, -0.25) is 4.79 Å². The molecule has 0 spiro atoms. The van der Waals surface area contributed by atoms with Crippen LogP contribution in [0.2, 0.25) is 0 Å². The number of fused-ring (bicyclic) bond motifs is 1. The van der Waals surface area contributed by atoms with Crippen LogP contribution in [0, 0.1) is 5.92 Å². The molecule has 2 rings (SSSR count). The molecule has 0 amide bonds. The molecule has 1 aliphatic carbocycles. The Hall–Kier alpha value is -1.32. The standard InChI is InChI=1S/C9H13N3O/c1-6-2-3-7-8(4-6)11-12(5-13)9(7)10/h5-6H,2-4,10H2,1H3. The number of nitrogens with two attached hydrogens (primary N) is 1. The minimum atomic E-state index is 0.525. The van der Waals surface area contributed by atoms with Gasteiger partial charge in [0.05, 0.1) is 5.69 Å². The third-order valence-electron chi connectivity index (χ3n) is 2.66. The first kappa shape index (κ1) is 8.29. The van der Waals surface area contributed by atoms with Crippen molar-refractivity contribution in [3.63, 3.8) is 0 Å². The van der Waals surface area contributed by atoms with Crippen molar-refractivity contribution in [2.24, 2.45) is 5.92 Å². The Balaban J connectivity index is 2.45. The maximum Gasteiger partial charge on any atom is 0.235 e. The summed E-state index contributed by atoms with van der Waals surface area (Å²) < 4.78 is 1.24. The molecule has 4 nitrogen and oxygen atoms in total. The average molecular weight is 179 g/mol. The Bertz CT molecular complexity index is 343. The SMILES string of the molecule is CC1CCc2c(nn(C=O)c2N)C1. The zero-order valence-corrected chi connectivity index (χ0v) is 7.66. The van der Waals surface area contributed by atoms with E-state index in [4.69, 9.17) is 5.73 Å². The van der Waals surface area contributed by atoms with Crippen molar-refractivity contribution < 1.29 is 4.79 Å². The predicted octanol–water partition coefficient (Wildman–Crippen LogP) is 0.628. The van der Waals surface area contributed by atoms with Gasteiger partial charge in [0.1, 0.15) is 5.82 Å². The highest BCUT2D eigenvalue weighted by Gasteiger charge is 2.22. The molecule has 0 bridgehead atoms. The van der Waals surface area contributed by atoms with Crippen molar-refractivity contribution >= 4 is 12.2 Å². The molecule has 0 radical (unpaired) electrons. The summed E-state index contributed by atoms with van der Waals surface area (Å²) in [5, 5.41) is 4.14. The maximum atomic E-state index is 10.5. The van der Waals surface area contributed by atoms with Gasteiger partial charge in [0.2, 0.25) is 6.41 Å². The van der Waals surface area contributed by atoms with E-state index in [-0.39, 0.29) is 0 Å². The molecule has 0 saturated heterocycles. The molecule has 4 heteroatoms. The van der Waals surface area contributed by atoms with Gasteiger partial charge in [0.15, 0.2) is 0 Å². The molecular weight excluding hydrogens is 166 g/mol. The minimum Gasteiger partial charge on any atom is -0.383 e. The lowest BCUT2D eigenvalue weighted by Crippen LogP contribution is -2.10. The molecule has 1 atom stereocenters. The molecule has 0 aliphatic heterocycles. The van der Waals surface area contributed by atoms with E-state index >= 15 is 0 Å². The molecule has 0 fully saturated rings. The maximum absolute atomic E-state index is 10.5. The third kappa shape index (κ3) is 1.22. The highest BCUT2D eigenvalue weighted by molar-refractivity contribution is 5.61. The van der Waals surface area contributed by atoms with Crippen molar-refractivity contribution in [2.45, 2.75) is 26.2 Å². The van der Waals surface area contributed by atoms with E-state index in [9.17, 15) is 4.79 Å². The zero-order valence-electron chi connectivity index (χ0n) is 7.66. The normalized spacial score (nSPS) is 21.2. The molecule has 1 aromatic rings. The number of carbonyl (C=O) groups excluding carboxylic acids is 1. The van der Waals surface area contributed by atoms with Crippen molar-refractivity contribution in [1.82, 2.24) is 9.78 Å². The van der Waals surface area contributed by atoms with Crippen LogP contribution in [0.5, 0.6) is 0 Å². The number of nitrogen functional groups attached to an aromatic ring is 1. The van der Waals surface area contributed by atoms with Crippen LogP contribution in [-0.4, -0.2) is 16.2 Å². The molecule has 1 unspecified atom stereocenters. The van der Waals surface area contributed by atoms with Crippen LogP contribution in [0.3, 0.4) is 0 Å². The Kier molecular flexibility index (Phi) is 1.83. The smallest absolute Gasteiger partial charge is 0.235 e. The first-order valence-corrected chi connectivity index (χ1v) is 4.53. The molecule has 70 valence electrons. The number of carbonyl (C=O) groups is 1. The number of hydrogen-bond acceptors (Lipinski definition) is 3. The summed E-state index contributed by atoms with van der Waals surface area (Å²) in [5.74, 6) is 1.18. The van der Waals surface area contributed by atoms with Crippen LogP contribution in [0.15, 0.2) is 0 Å². The summed E-state index contributed by atoms with van der Waals surface area (Å²) in [6.45, 7) is 2.19. The Morgan fingerprint density at radius 3 is 3.15 bits per heavy atom. The van der Waals surface area contributed by atoms with Crippen molar-refractivity contribution in [3.05, 3.63) is 11.3 Å². The minimum absolute atomic E-state index is 0.525. The topological polar surface area (TPSA) is 60.9 Å². The number of aromatic nitrogens is 2. The molecule has 2 N–H and O–H groups in total. The van der Waals surface area contributed by atoms with E-state index < -0.39 is 0 Å². The fourth-order valence-corrected chi connectivity index (χ4v) is 1.87. The van der Waals surface area contributed by atoms with Crippen molar-refractivity contribution in [3.8, 4) is 0 Å². The lowest BCUT2D eigenvalue weighted by atomic mass is 9.89. The second-order valence-electron chi connectivity index (χ2n) is 3.71. The van der Waals surface area contributed by atoms with E-state index in [1.165, 1.54) is 4.68 Å². The fraction of sp³-hybridized carbons (Fsp3) is 0.556. The van der Waals surface area contributed by atoms with Crippen LogP contribution in [0.1, 0.15) is 24.6 Å². The molecule has 0 saturated carbocycles. The lowest BCUT2D eigenvalue weighted by Gasteiger charge is -2.16. The van der Waals surface area contributed by atoms with Gasteiger partial charge in [-0.15, -0.1) is 0 Å². The van der Waals surface area contributed by atoms with E-state index in [0.29, 0.717) is 18.1 Å². The first-order chi connectivity index (χ1) is 6.22. The molecule has 1 aromatic heterocycles. The highest BCUT2D eigenvalue weighted by atomic mass is 16.1. The van der Waals surface area contributed by atoms with Gasteiger partial charge >= 0.3 is 0 Å². The number of hydrogen-bond donors (Lipinski definition) is 1. The van der Waals surface area contributed by atoms with Crippen LogP contribution < -0.4 is 5.73 Å². The van der Waals surface area contributed by atoms with Crippen molar-refractivity contribution in [2.75, 3.05) is 5.73 Å². The second kappa shape index (κ2) is 2.87. The van der Waals surface area contributed by atoms with E-state index in [1.54, 1.807) is 0 Å². The molecule has 0 aromatic carbocycles. The number of anilines is 1. The summed E-state index contributed by atoms with van der Waals surface area (Å²) in [5.41, 5.74) is 7.83. The molecule has 1 heterocycles. The monoisotopic (exact) mass is 179 g/mol. The van der Waals surface area contributed by atoms with Crippen LogP contribution >= 0.6 is 0 Å². The summed E-state index contributed by atoms with van der Waals surface area (Å²) in [4.78, 5) is 10.5. The van der Waals surface area contributed by atoms with Gasteiger partial charge in [-0.25, -0.2) is 0 Å². The highest BCUT2D eigenvalue weighted by Crippen LogP contribution is 2.27. The summed E-state index contributed by atoms with van der Waals surface area (Å²) in [6.07, 6.45) is 3.70. The second-order valence-corrected chi connectivity index (χ2v) is 3.71. The Morgan fingerprint density at radius 2 is 2.46 bits per heavy atom. The molecule has 1 aliphatic rings. The van der Waals surface area contributed by atoms with Crippen molar-refractivity contribution in [1.29, 1.82) is 0 Å².